The van der Waals surface area contributed by atoms with Gasteiger partial charge in [-0.15, -0.1) is 0 Å². The molecule has 0 aliphatic carbocycles. The molecule has 148 valence electrons. The van der Waals surface area contributed by atoms with Gasteiger partial charge in [-0.05, 0) is 37.8 Å². The predicted octanol–water partition coefficient (Wildman–Crippen LogP) is 1.47. The van der Waals surface area contributed by atoms with Crippen molar-refractivity contribution in [3.63, 3.8) is 0 Å². The Morgan fingerprint density at radius 3 is 2.52 bits per heavy atom. The molecule has 2 saturated heterocycles. The molecule has 2 heterocycles. The number of carbonyl (C=O) groups is 2. The maximum atomic E-state index is 12.4. The van der Waals surface area contributed by atoms with Gasteiger partial charge in [0.2, 0.25) is 11.8 Å². The van der Waals surface area contributed by atoms with Crippen molar-refractivity contribution in [1.82, 2.24) is 5.32 Å². The van der Waals surface area contributed by atoms with Crippen molar-refractivity contribution in [1.29, 1.82) is 0 Å². The lowest BCUT2D eigenvalue weighted by Crippen LogP contribution is -2.52. The zero-order valence-electron chi connectivity index (χ0n) is 15.4. The van der Waals surface area contributed by atoms with Gasteiger partial charge in [-0.2, -0.15) is 0 Å². The van der Waals surface area contributed by atoms with Gasteiger partial charge in [0, 0.05) is 24.8 Å². The van der Waals surface area contributed by atoms with Crippen molar-refractivity contribution in [2.24, 2.45) is 5.92 Å². The fourth-order valence-electron chi connectivity index (χ4n) is 3.65. The number of nitrogens with one attached hydrogen (secondary N) is 2. The molecule has 2 amide bonds. The first-order chi connectivity index (χ1) is 13.2. The predicted molar refractivity (Wildman–Crippen MR) is 100 cm³/mol. The molecule has 3 atom stereocenters. The van der Waals surface area contributed by atoms with Gasteiger partial charge in [0.15, 0.2) is 0 Å². The first kappa shape index (κ1) is 19.8. The highest BCUT2D eigenvalue weighted by Crippen LogP contribution is 2.24. The molecule has 0 unspecified atom stereocenters. The van der Waals surface area contributed by atoms with Gasteiger partial charge < -0.3 is 25.2 Å². The summed E-state index contributed by atoms with van der Waals surface area (Å²) in [6, 6.07) is 9.05. The molecule has 27 heavy (non-hydrogen) atoms. The van der Waals surface area contributed by atoms with E-state index in [-0.39, 0.29) is 42.9 Å². The number of anilines is 1. The Morgan fingerprint density at radius 2 is 1.81 bits per heavy atom. The van der Waals surface area contributed by atoms with E-state index in [1.807, 2.05) is 30.3 Å². The quantitative estimate of drug-likeness (QED) is 0.699. The lowest BCUT2D eigenvalue weighted by molar-refractivity contribution is -0.137. The summed E-state index contributed by atoms with van der Waals surface area (Å²) < 4.78 is 11.2. The van der Waals surface area contributed by atoms with Gasteiger partial charge in [0.25, 0.3) is 0 Å². The standard InChI is InChI=1S/C20H28N2O5/c23-13-18-17(22-20(25)14-8-10-26-11-9-14)7-6-16(27-18)12-19(24)21-15-4-2-1-3-5-15/h1-5,14,16-18,23H,6-13H2,(H,21,24)(H,22,25)/t16-,17+,18+/m1/s1. The van der Waals surface area contributed by atoms with Gasteiger partial charge >= 0.3 is 0 Å². The van der Waals surface area contributed by atoms with E-state index >= 15 is 0 Å². The van der Waals surface area contributed by atoms with Crippen molar-refractivity contribution in [3.8, 4) is 0 Å². The average molecular weight is 376 g/mol. The normalized spacial score (nSPS) is 26.3. The van der Waals surface area contributed by atoms with Crippen LogP contribution in [0.25, 0.3) is 0 Å². The van der Waals surface area contributed by atoms with E-state index in [9.17, 15) is 14.7 Å². The molecule has 1 aromatic carbocycles. The second-order valence-corrected chi connectivity index (χ2v) is 7.18. The Bertz CT molecular complexity index is 618. The minimum atomic E-state index is -0.489. The third-order valence-electron chi connectivity index (χ3n) is 5.19. The van der Waals surface area contributed by atoms with Crippen molar-refractivity contribution < 1.29 is 24.2 Å². The molecular formula is C20H28N2O5. The lowest BCUT2D eigenvalue weighted by atomic mass is 9.94. The molecule has 7 nitrogen and oxygen atoms in total. The van der Waals surface area contributed by atoms with Gasteiger partial charge in [-0.1, -0.05) is 18.2 Å². The fraction of sp³-hybridized carbons (Fsp3) is 0.600. The Kier molecular flexibility index (Phi) is 7.20. The molecular weight excluding hydrogens is 348 g/mol. The summed E-state index contributed by atoms with van der Waals surface area (Å²) in [6.07, 6.45) is 2.28. The number of carbonyl (C=O) groups excluding carboxylic acids is 2. The summed E-state index contributed by atoms with van der Waals surface area (Å²) in [5, 5.41) is 15.5. The summed E-state index contributed by atoms with van der Waals surface area (Å²) in [7, 11) is 0. The first-order valence-electron chi connectivity index (χ1n) is 9.65. The molecule has 0 radical (unpaired) electrons. The Morgan fingerprint density at radius 1 is 1.07 bits per heavy atom. The average Bonchev–Trinajstić information content (AvgIpc) is 2.70. The highest BCUT2D eigenvalue weighted by molar-refractivity contribution is 5.91. The minimum Gasteiger partial charge on any atom is -0.394 e. The summed E-state index contributed by atoms with van der Waals surface area (Å²) in [5.74, 6) is -0.148. The van der Waals surface area contributed by atoms with Crippen molar-refractivity contribution in [2.75, 3.05) is 25.1 Å². The maximum Gasteiger partial charge on any atom is 0.226 e. The van der Waals surface area contributed by atoms with E-state index in [4.69, 9.17) is 9.47 Å². The van der Waals surface area contributed by atoms with Crippen LogP contribution in [0, 0.1) is 5.92 Å². The number of para-hydroxylation sites is 1. The molecule has 0 aromatic heterocycles. The van der Waals surface area contributed by atoms with E-state index in [2.05, 4.69) is 10.6 Å². The molecule has 0 saturated carbocycles. The summed E-state index contributed by atoms with van der Waals surface area (Å²) in [5.41, 5.74) is 0.749. The van der Waals surface area contributed by atoms with Crippen LogP contribution in [0.4, 0.5) is 5.69 Å². The summed E-state index contributed by atoms with van der Waals surface area (Å²) in [4.78, 5) is 24.6. The molecule has 0 spiro atoms. The van der Waals surface area contributed by atoms with Crippen molar-refractivity contribution in [3.05, 3.63) is 30.3 Å². The number of amides is 2. The van der Waals surface area contributed by atoms with Crippen LogP contribution in [-0.4, -0.2) is 55.0 Å². The highest BCUT2D eigenvalue weighted by atomic mass is 16.5. The maximum absolute atomic E-state index is 12.4. The number of benzene rings is 1. The summed E-state index contributed by atoms with van der Waals surface area (Å²) in [6.45, 7) is 1.04. The van der Waals surface area contributed by atoms with Crippen LogP contribution in [-0.2, 0) is 19.1 Å². The monoisotopic (exact) mass is 376 g/mol. The fourth-order valence-corrected chi connectivity index (χ4v) is 3.65. The van der Waals surface area contributed by atoms with E-state index in [1.165, 1.54) is 0 Å². The van der Waals surface area contributed by atoms with Gasteiger partial charge in [0.05, 0.1) is 25.2 Å². The first-order valence-corrected chi connectivity index (χ1v) is 9.65. The topological polar surface area (TPSA) is 96.9 Å². The molecule has 2 aliphatic heterocycles. The number of ether oxygens (including phenoxy) is 2. The zero-order chi connectivity index (χ0) is 19.1. The second kappa shape index (κ2) is 9.82. The SMILES string of the molecule is O=C(C[C@H]1CC[C@H](NC(=O)C2CCOCC2)[C@H](CO)O1)Nc1ccccc1. The molecule has 2 aliphatic rings. The smallest absolute Gasteiger partial charge is 0.226 e. The minimum absolute atomic E-state index is 0.00520. The van der Waals surface area contributed by atoms with Gasteiger partial charge in [0.1, 0.15) is 6.10 Å². The van der Waals surface area contributed by atoms with Gasteiger partial charge in [-0.25, -0.2) is 0 Å². The van der Waals surface area contributed by atoms with Crippen LogP contribution in [0.2, 0.25) is 0 Å². The van der Waals surface area contributed by atoms with E-state index in [0.717, 1.165) is 18.5 Å². The number of aliphatic hydroxyl groups excluding tert-OH is 1. The van der Waals surface area contributed by atoms with Crippen LogP contribution >= 0.6 is 0 Å². The highest BCUT2D eigenvalue weighted by Gasteiger charge is 2.34. The van der Waals surface area contributed by atoms with Crippen LogP contribution < -0.4 is 10.6 Å². The largest absolute Gasteiger partial charge is 0.394 e. The van der Waals surface area contributed by atoms with E-state index < -0.39 is 6.10 Å². The molecule has 0 bridgehead atoms. The van der Waals surface area contributed by atoms with Crippen molar-refractivity contribution in [2.45, 2.75) is 50.4 Å². The zero-order valence-corrected chi connectivity index (χ0v) is 15.4. The molecule has 7 heteroatoms. The Labute approximate surface area is 159 Å². The van der Waals surface area contributed by atoms with E-state index in [1.54, 1.807) is 0 Å². The third-order valence-corrected chi connectivity index (χ3v) is 5.19. The molecule has 2 fully saturated rings. The third kappa shape index (κ3) is 5.76. The second-order valence-electron chi connectivity index (χ2n) is 7.18. The Hall–Kier alpha value is -1.96. The number of hydrogen-bond acceptors (Lipinski definition) is 5. The number of rotatable bonds is 6. The van der Waals surface area contributed by atoms with Gasteiger partial charge in [-0.3, -0.25) is 9.59 Å². The van der Waals surface area contributed by atoms with E-state index in [0.29, 0.717) is 26.1 Å². The number of hydrogen-bond donors (Lipinski definition) is 3. The summed E-state index contributed by atoms with van der Waals surface area (Å²) >= 11 is 0. The van der Waals surface area contributed by atoms with Crippen LogP contribution in [0.1, 0.15) is 32.1 Å². The molecule has 3 rings (SSSR count). The lowest BCUT2D eigenvalue weighted by Gasteiger charge is -2.37. The van der Waals surface area contributed by atoms with Crippen LogP contribution in [0.5, 0.6) is 0 Å². The van der Waals surface area contributed by atoms with Crippen LogP contribution in [0.15, 0.2) is 30.3 Å². The van der Waals surface area contributed by atoms with Crippen LogP contribution in [0.3, 0.4) is 0 Å². The molecule has 1 aromatic rings. The molecule has 3 N–H and O–H groups in total. The number of aliphatic hydroxyl groups is 1. The van der Waals surface area contributed by atoms with Crippen molar-refractivity contribution >= 4 is 17.5 Å². The Balaban J connectivity index is 1.47.